The van der Waals surface area contributed by atoms with E-state index in [-0.39, 0.29) is 0 Å². The average molecular weight is 720 g/mol. The smallest absolute Gasteiger partial charge is 0.211 e. The molecule has 1 aromatic heterocycles. The minimum absolute atomic E-state index is 0.491. The highest BCUT2D eigenvalue weighted by atomic mass is 15.3. The average Bonchev–Trinajstić information content (AvgIpc) is 3.63. The summed E-state index contributed by atoms with van der Waals surface area (Å²) < 4.78 is 2.28. The number of hydrogen-bond donors (Lipinski definition) is 1. The van der Waals surface area contributed by atoms with Crippen molar-refractivity contribution in [2.45, 2.75) is 6.17 Å². The lowest BCUT2D eigenvalue weighted by molar-refractivity contribution is 0.745. The molecule has 1 aliphatic heterocycles. The molecule has 9 aromatic rings. The number of aliphatic imine (C=N–C) groups is 2. The van der Waals surface area contributed by atoms with Crippen LogP contribution in [0, 0.1) is 0 Å². The molecular formula is C51H37N5. The Morgan fingerprint density at radius 2 is 0.964 bits per heavy atom. The Bertz CT molecular complexity index is 2840. The minimum atomic E-state index is -0.491. The Kier molecular flexibility index (Phi) is 8.50. The highest BCUT2D eigenvalue weighted by molar-refractivity contribution is 6.21. The lowest BCUT2D eigenvalue weighted by Crippen LogP contribution is -2.39. The van der Waals surface area contributed by atoms with Gasteiger partial charge in [-0.25, -0.2) is 9.98 Å². The molecule has 8 aromatic carbocycles. The fraction of sp³-hybridized carbons (Fsp3) is 0.0196. The van der Waals surface area contributed by atoms with Crippen LogP contribution in [-0.2, 0) is 0 Å². The topological polar surface area (TPSA) is 44.9 Å². The maximum absolute atomic E-state index is 5.44. The normalized spacial score (nSPS) is 13.9. The Hall–Kier alpha value is -7.50. The Labute approximate surface area is 326 Å². The molecule has 10 rings (SSSR count). The van der Waals surface area contributed by atoms with Gasteiger partial charge in [0.2, 0.25) is 5.96 Å². The summed E-state index contributed by atoms with van der Waals surface area (Å²) in [4.78, 5) is 13.0. The molecule has 0 radical (unpaired) electrons. The molecule has 1 aliphatic rings. The highest BCUT2D eigenvalue weighted by Gasteiger charge is 2.25. The molecule has 0 saturated heterocycles. The van der Waals surface area contributed by atoms with Gasteiger partial charge >= 0.3 is 0 Å². The van der Waals surface area contributed by atoms with Gasteiger partial charge in [0.25, 0.3) is 0 Å². The second-order valence-electron chi connectivity index (χ2n) is 13.9. The zero-order chi connectivity index (χ0) is 37.3. The molecular weight excluding hydrogens is 683 g/mol. The van der Waals surface area contributed by atoms with Gasteiger partial charge in [0.1, 0.15) is 5.84 Å². The fourth-order valence-corrected chi connectivity index (χ4v) is 7.84. The van der Waals surface area contributed by atoms with Crippen molar-refractivity contribution in [1.29, 1.82) is 0 Å². The van der Waals surface area contributed by atoms with Crippen LogP contribution in [0.3, 0.4) is 0 Å². The van der Waals surface area contributed by atoms with E-state index in [4.69, 9.17) is 9.98 Å². The second kappa shape index (κ2) is 14.4. The van der Waals surface area contributed by atoms with Crippen molar-refractivity contribution in [3.63, 3.8) is 0 Å². The Balaban J connectivity index is 1.11. The van der Waals surface area contributed by atoms with E-state index in [0.29, 0.717) is 0 Å². The van der Waals surface area contributed by atoms with E-state index in [2.05, 4.69) is 221 Å². The molecule has 1 unspecified atom stereocenters. The van der Waals surface area contributed by atoms with Crippen molar-refractivity contribution in [2.24, 2.45) is 9.98 Å². The van der Waals surface area contributed by atoms with E-state index in [0.717, 1.165) is 73.3 Å². The number of nitrogens with one attached hydrogen (secondary N) is 1. The highest BCUT2D eigenvalue weighted by Crippen LogP contribution is 2.39. The van der Waals surface area contributed by atoms with Gasteiger partial charge in [-0.1, -0.05) is 164 Å². The first-order chi connectivity index (χ1) is 27.8. The van der Waals surface area contributed by atoms with Gasteiger partial charge in [0.15, 0.2) is 6.17 Å². The van der Waals surface area contributed by atoms with Crippen LogP contribution in [0.25, 0.3) is 44.1 Å². The number of benzene rings is 8. The van der Waals surface area contributed by atoms with Crippen LogP contribution in [0.2, 0.25) is 0 Å². The molecule has 56 heavy (non-hydrogen) atoms. The van der Waals surface area contributed by atoms with Crippen LogP contribution in [0.4, 0.5) is 17.1 Å². The molecule has 1 N–H and O–H groups in total. The number of nitrogens with zero attached hydrogens (tertiary/aromatic N) is 4. The number of hydrogen-bond acceptors (Lipinski definition) is 4. The van der Waals surface area contributed by atoms with Crippen LogP contribution in [0.15, 0.2) is 222 Å². The van der Waals surface area contributed by atoms with Gasteiger partial charge < -0.3 is 10.2 Å². The van der Waals surface area contributed by atoms with Crippen molar-refractivity contribution in [2.75, 3.05) is 4.90 Å². The van der Waals surface area contributed by atoms with Crippen molar-refractivity contribution in [1.82, 2.24) is 9.88 Å². The molecule has 0 saturated carbocycles. The molecule has 0 bridgehead atoms. The van der Waals surface area contributed by atoms with Gasteiger partial charge in [-0.05, 0) is 70.8 Å². The summed E-state index contributed by atoms with van der Waals surface area (Å²) in [7, 11) is 0. The Morgan fingerprint density at radius 1 is 0.429 bits per heavy atom. The predicted molar refractivity (Wildman–Crippen MR) is 233 cm³/mol. The van der Waals surface area contributed by atoms with Gasteiger partial charge in [-0.2, -0.15) is 0 Å². The van der Waals surface area contributed by atoms with E-state index in [1.54, 1.807) is 0 Å². The number of para-hydroxylation sites is 4. The summed E-state index contributed by atoms with van der Waals surface area (Å²) in [6, 6.07) is 74.5. The van der Waals surface area contributed by atoms with Crippen LogP contribution >= 0.6 is 0 Å². The maximum Gasteiger partial charge on any atom is 0.211 e. The van der Waals surface area contributed by atoms with Gasteiger partial charge in [-0.15, -0.1) is 0 Å². The third-order valence-corrected chi connectivity index (χ3v) is 10.4. The van der Waals surface area contributed by atoms with E-state index in [1.165, 1.54) is 10.8 Å². The van der Waals surface area contributed by atoms with Crippen molar-refractivity contribution in [3.05, 3.63) is 223 Å². The number of anilines is 3. The number of rotatable bonds is 7. The molecule has 5 nitrogen and oxygen atoms in total. The molecule has 0 amide bonds. The molecule has 266 valence electrons. The zero-order valence-corrected chi connectivity index (χ0v) is 30.6. The van der Waals surface area contributed by atoms with Crippen LogP contribution in [0.1, 0.15) is 17.3 Å². The number of aromatic nitrogens is 1. The van der Waals surface area contributed by atoms with E-state index in [9.17, 15) is 0 Å². The molecule has 1 atom stereocenters. The summed E-state index contributed by atoms with van der Waals surface area (Å²) >= 11 is 0. The van der Waals surface area contributed by atoms with Crippen molar-refractivity contribution >= 4 is 50.7 Å². The van der Waals surface area contributed by atoms with Gasteiger partial charge in [0.05, 0.1) is 11.0 Å². The van der Waals surface area contributed by atoms with Crippen LogP contribution in [0.5, 0.6) is 0 Å². The third kappa shape index (κ3) is 6.11. The fourth-order valence-electron chi connectivity index (χ4n) is 7.84. The molecule has 5 heteroatoms. The number of fused-ring (bicyclic) bond motifs is 3. The Morgan fingerprint density at radius 3 is 1.68 bits per heavy atom. The summed E-state index contributed by atoms with van der Waals surface area (Å²) in [5, 5.41) is 6.04. The van der Waals surface area contributed by atoms with Crippen molar-refractivity contribution in [3.8, 4) is 22.3 Å². The first-order valence-corrected chi connectivity index (χ1v) is 19.0. The van der Waals surface area contributed by atoms with E-state index >= 15 is 0 Å². The minimum Gasteiger partial charge on any atom is -0.310 e. The maximum atomic E-state index is 5.44. The first-order valence-electron chi connectivity index (χ1n) is 19.0. The standard InChI is InChI=1S/C51H37N5/c1-5-18-36(19-6-1)44-31-17-32-46-45-30-13-14-33-47(45)56(48(44)46)51-53-49(37-20-7-2-8-21-37)52-50(54-51)40-24-15-22-38(34-40)39-23-16-29-43(35-39)55(41-25-9-3-10-26-41)42-27-11-4-12-28-42/h1-35,50H,(H,52,53,54). The third-order valence-electron chi connectivity index (χ3n) is 10.4. The molecule has 0 fully saturated rings. The van der Waals surface area contributed by atoms with E-state index in [1.807, 2.05) is 6.07 Å². The first kappa shape index (κ1) is 33.1. The molecule has 0 spiro atoms. The lowest BCUT2D eigenvalue weighted by Gasteiger charge is -2.26. The summed E-state index contributed by atoms with van der Waals surface area (Å²) in [6.45, 7) is 0. The summed E-state index contributed by atoms with van der Waals surface area (Å²) in [6.07, 6.45) is -0.491. The monoisotopic (exact) mass is 719 g/mol. The largest absolute Gasteiger partial charge is 0.310 e. The lowest BCUT2D eigenvalue weighted by atomic mass is 10.0. The quantitative estimate of drug-likeness (QED) is 0.178. The van der Waals surface area contributed by atoms with Crippen molar-refractivity contribution < 1.29 is 0 Å². The SMILES string of the molecule is c1ccc(C2=NC(c3cccc(-c4cccc(N(c5ccccc5)c5ccccc5)c4)c3)N=C(n3c4ccccc4c4cccc(-c5ccccc5)c43)N2)cc1. The molecule has 0 aliphatic carbocycles. The van der Waals surface area contributed by atoms with Gasteiger partial charge in [-0.3, -0.25) is 4.57 Å². The number of amidine groups is 1. The predicted octanol–water partition coefficient (Wildman–Crippen LogP) is 12.6. The van der Waals surface area contributed by atoms with Gasteiger partial charge in [0, 0.05) is 39.0 Å². The van der Waals surface area contributed by atoms with Crippen LogP contribution < -0.4 is 10.2 Å². The van der Waals surface area contributed by atoms with Crippen LogP contribution in [-0.4, -0.2) is 16.4 Å². The zero-order valence-electron chi connectivity index (χ0n) is 30.6. The summed E-state index contributed by atoms with van der Waals surface area (Å²) in [5.41, 5.74) is 12.0. The molecule has 2 heterocycles. The van der Waals surface area contributed by atoms with E-state index < -0.39 is 6.17 Å². The summed E-state index contributed by atoms with van der Waals surface area (Å²) in [5.74, 6) is 1.50. The second-order valence-corrected chi connectivity index (χ2v) is 13.9.